The Bertz CT molecular complexity index is 272. The van der Waals surface area contributed by atoms with Crippen LogP contribution in [0.2, 0.25) is 0 Å². The number of nitrogens with one attached hydrogen (secondary N) is 1. The van der Waals surface area contributed by atoms with Gasteiger partial charge in [-0.15, -0.1) is 0 Å². The quantitative estimate of drug-likeness (QED) is 0.714. The zero-order valence-corrected chi connectivity index (χ0v) is 13.7. The van der Waals surface area contributed by atoms with Crippen molar-refractivity contribution in [1.29, 1.82) is 0 Å². The lowest BCUT2D eigenvalue weighted by atomic mass is 9.85. The minimum absolute atomic E-state index is 0.0487. The molecule has 0 bridgehead atoms. The summed E-state index contributed by atoms with van der Waals surface area (Å²) in [7, 11) is 0. The first kappa shape index (κ1) is 17.5. The minimum atomic E-state index is -0.314. The van der Waals surface area contributed by atoms with Crippen molar-refractivity contribution in [3.05, 3.63) is 0 Å². The summed E-state index contributed by atoms with van der Waals surface area (Å²) in [5, 5.41) is 3.08. The van der Waals surface area contributed by atoms with Crippen LogP contribution in [0.5, 0.6) is 0 Å². The Morgan fingerprint density at radius 3 is 2.40 bits per heavy atom. The summed E-state index contributed by atoms with van der Waals surface area (Å²) >= 11 is 0. The topological polar surface area (TPSA) is 55.1 Å². The predicted molar refractivity (Wildman–Crippen MR) is 85.5 cm³/mol. The molecular weight excluding hydrogens is 248 g/mol. The largest absolute Gasteiger partial charge is 0.352 e. The molecule has 2 atom stereocenters. The third-order valence-corrected chi connectivity index (χ3v) is 4.46. The van der Waals surface area contributed by atoms with E-state index in [1.165, 1.54) is 44.9 Å². The van der Waals surface area contributed by atoms with Gasteiger partial charge in [0, 0.05) is 6.04 Å². The van der Waals surface area contributed by atoms with Crippen molar-refractivity contribution in [2.45, 2.75) is 90.6 Å². The maximum atomic E-state index is 12.1. The Labute approximate surface area is 125 Å². The van der Waals surface area contributed by atoms with E-state index in [-0.39, 0.29) is 18.0 Å². The molecule has 1 aliphatic rings. The van der Waals surface area contributed by atoms with Crippen molar-refractivity contribution in [3.63, 3.8) is 0 Å². The molecular formula is C17H34N2O. The highest BCUT2D eigenvalue weighted by Gasteiger charge is 2.22. The molecule has 1 aliphatic carbocycles. The standard InChI is InChI=1S/C17H34N2O/c1-13(2)8-7-9-14(3)19-17(20)16(18)12-15-10-5-4-6-11-15/h13-16H,4-12,18H2,1-3H3,(H,19,20). The Hall–Kier alpha value is -0.570. The fraction of sp³-hybridized carbons (Fsp3) is 0.941. The smallest absolute Gasteiger partial charge is 0.237 e. The van der Waals surface area contributed by atoms with E-state index in [1.54, 1.807) is 0 Å². The van der Waals surface area contributed by atoms with E-state index in [4.69, 9.17) is 5.73 Å². The molecule has 1 rings (SSSR count). The Kier molecular flexibility index (Phi) is 8.20. The summed E-state index contributed by atoms with van der Waals surface area (Å²) in [6.45, 7) is 6.57. The average Bonchev–Trinajstić information content (AvgIpc) is 2.39. The van der Waals surface area contributed by atoms with Gasteiger partial charge in [-0.25, -0.2) is 0 Å². The molecule has 3 N–H and O–H groups in total. The highest BCUT2D eigenvalue weighted by molar-refractivity contribution is 5.81. The van der Waals surface area contributed by atoms with E-state index >= 15 is 0 Å². The zero-order chi connectivity index (χ0) is 15.0. The SMILES string of the molecule is CC(C)CCCC(C)NC(=O)C(N)CC1CCCCC1. The predicted octanol–water partition coefficient (Wildman–Crippen LogP) is 3.62. The van der Waals surface area contributed by atoms with Gasteiger partial charge in [0.25, 0.3) is 0 Å². The average molecular weight is 282 g/mol. The molecule has 3 heteroatoms. The van der Waals surface area contributed by atoms with E-state index in [9.17, 15) is 4.79 Å². The zero-order valence-electron chi connectivity index (χ0n) is 13.7. The van der Waals surface area contributed by atoms with Crippen LogP contribution < -0.4 is 11.1 Å². The van der Waals surface area contributed by atoms with Gasteiger partial charge in [0.05, 0.1) is 6.04 Å². The van der Waals surface area contributed by atoms with Gasteiger partial charge >= 0.3 is 0 Å². The lowest BCUT2D eigenvalue weighted by Crippen LogP contribution is -2.45. The van der Waals surface area contributed by atoms with Gasteiger partial charge < -0.3 is 11.1 Å². The molecule has 1 saturated carbocycles. The molecule has 3 nitrogen and oxygen atoms in total. The van der Waals surface area contributed by atoms with Crippen molar-refractivity contribution in [3.8, 4) is 0 Å². The van der Waals surface area contributed by atoms with Crippen molar-refractivity contribution < 1.29 is 4.79 Å². The molecule has 0 aromatic carbocycles. The summed E-state index contributed by atoms with van der Waals surface area (Å²) in [6.07, 6.45) is 10.8. The number of carbonyl (C=O) groups is 1. The number of carbonyl (C=O) groups excluding carboxylic acids is 1. The lowest BCUT2D eigenvalue weighted by molar-refractivity contribution is -0.123. The molecule has 0 radical (unpaired) electrons. The van der Waals surface area contributed by atoms with Gasteiger partial charge in [-0.2, -0.15) is 0 Å². The van der Waals surface area contributed by atoms with Crippen LogP contribution in [0.3, 0.4) is 0 Å². The van der Waals surface area contributed by atoms with Crippen molar-refractivity contribution in [1.82, 2.24) is 5.32 Å². The summed E-state index contributed by atoms with van der Waals surface area (Å²) in [5.41, 5.74) is 6.06. The fourth-order valence-corrected chi connectivity index (χ4v) is 3.14. The van der Waals surface area contributed by atoms with Crippen LogP contribution in [-0.4, -0.2) is 18.0 Å². The monoisotopic (exact) mass is 282 g/mol. The second-order valence-electron chi connectivity index (χ2n) is 7.08. The highest BCUT2D eigenvalue weighted by atomic mass is 16.2. The number of hydrogen-bond donors (Lipinski definition) is 2. The van der Waals surface area contributed by atoms with Crippen LogP contribution in [-0.2, 0) is 4.79 Å². The molecule has 2 unspecified atom stereocenters. The van der Waals surface area contributed by atoms with Crippen molar-refractivity contribution >= 4 is 5.91 Å². The third-order valence-electron chi connectivity index (χ3n) is 4.46. The first-order valence-electron chi connectivity index (χ1n) is 8.55. The van der Waals surface area contributed by atoms with Crippen molar-refractivity contribution in [2.24, 2.45) is 17.6 Å². The molecule has 1 amide bonds. The van der Waals surface area contributed by atoms with Crippen LogP contribution in [0.25, 0.3) is 0 Å². The van der Waals surface area contributed by atoms with Gasteiger partial charge in [-0.05, 0) is 31.6 Å². The van der Waals surface area contributed by atoms with Crippen LogP contribution >= 0.6 is 0 Å². The Morgan fingerprint density at radius 1 is 1.15 bits per heavy atom. The van der Waals surface area contributed by atoms with Gasteiger partial charge in [0.2, 0.25) is 5.91 Å². The molecule has 0 heterocycles. The van der Waals surface area contributed by atoms with E-state index < -0.39 is 0 Å². The van der Waals surface area contributed by atoms with Crippen LogP contribution in [0.4, 0.5) is 0 Å². The maximum absolute atomic E-state index is 12.1. The first-order valence-corrected chi connectivity index (χ1v) is 8.55. The summed E-state index contributed by atoms with van der Waals surface area (Å²) in [5.74, 6) is 1.46. The molecule has 0 aromatic heterocycles. The number of amides is 1. The van der Waals surface area contributed by atoms with Crippen LogP contribution in [0, 0.1) is 11.8 Å². The molecule has 0 aliphatic heterocycles. The molecule has 0 saturated heterocycles. The summed E-state index contributed by atoms with van der Waals surface area (Å²) < 4.78 is 0. The van der Waals surface area contributed by atoms with E-state index in [1.807, 2.05) is 0 Å². The van der Waals surface area contributed by atoms with Crippen LogP contribution in [0.1, 0.15) is 78.6 Å². The number of nitrogens with two attached hydrogens (primary N) is 1. The third kappa shape index (κ3) is 7.28. The second-order valence-corrected chi connectivity index (χ2v) is 7.08. The number of hydrogen-bond acceptors (Lipinski definition) is 2. The lowest BCUT2D eigenvalue weighted by Gasteiger charge is -2.25. The van der Waals surface area contributed by atoms with Crippen LogP contribution in [0.15, 0.2) is 0 Å². The fourth-order valence-electron chi connectivity index (χ4n) is 3.14. The van der Waals surface area contributed by atoms with E-state index in [0.717, 1.165) is 18.8 Å². The van der Waals surface area contributed by atoms with Crippen molar-refractivity contribution in [2.75, 3.05) is 0 Å². The highest BCUT2D eigenvalue weighted by Crippen LogP contribution is 2.26. The normalized spacial score (nSPS) is 19.9. The van der Waals surface area contributed by atoms with Gasteiger partial charge in [-0.3, -0.25) is 4.79 Å². The Morgan fingerprint density at radius 2 is 1.80 bits per heavy atom. The van der Waals surface area contributed by atoms with E-state index in [2.05, 4.69) is 26.1 Å². The first-order chi connectivity index (χ1) is 9.49. The van der Waals surface area contributed by atoms with Gasteiger partial charge in [0.15, 0.2) is 0 Å². The summed E-state index contributed by atoms with van der Waals surface area (Å²) in [6, 6.07) is -0.0655. The summed E-state index contributed by atoms with van der Waals surface area (Å²) in [4.78, 5) is 12.1. The minimum Gasteiger partial charge on any atom is -0.352 e. The van der Waals surface area contributed by atoms with Gasteiger partial charge in [-0.1, -0.05) is 58.8 Å². The Balaban J connectivity index is 2.19. The molecule has 0 aromatic rings. The molecule has 1 fully saturated rings. The molecule has 20 heavy (non-hydrogen) atoms. The molecule has 0 spiro atoms. The van der Waals surface area contributed by atoms with E-state index in [0.29, 0.717) is 5.92 Å². The number of rotatable bonds is 8. The maximum Gasteiger partial charge on any atom is 0.237 e. The second kappa shape index (κ2) is 9.38. The van der Waals surface area contributed by atoms with Gasteiger partial charge in [0.1, 0.15) is 0 Å². The molecule has 118 valence electrons.